The number of aliphatic hydroxyl groups excluding tert-OH is 1. The van der Waals surface area contributed by atoms with Gasteiger partial charge in [0.15, 0.2) is 0 Å². The van der Waals surface area contributed by atoms with E-state index in [-0.39, 0.29) is 6.10 Å². The van der Waals surface area contributed by atoms with Crippen LogP contribution < -0.4 is 10.1 Å². The van der Waals surface area contributed by atoms with Crippen molar-refractivity contribution in [3.8, 4) is 5.75 Å². The summed E-state index contributed by atoms with van der Waals surface area (Å²) in [6, 6.07) is 19.2. The molecule has 2 aromatic carbocycles. The summed E-state index contributed by atoms with van der Waals surface area (Å²) in [7, 11) is 2.37. The Morgan fingerprint density at radius 2 is 1.89 bits per heavy atom. The first-order valence-corrected chi connectivity index (χ1v) is 15.4. The summed E-state index contributed by atoms with van der Waals surface area (Å²) in [6.07, 6.45) is 11.8. The number of aryl methyl sites for hydroxylation is 1. The van der Waals surface area contributed by atoms with Gasteiger partial charge in [-0.2, -0.15) is 0 Å². The molecule has 6 rings (SSSR count). The minimum absolute atomic E-state index is 0.104. The lowest BCUT2D eigenvalue weighted by atomic mass is 9.55. The van der Waals surface area contributed by atoms with E-state index in [9.17, 15) is 5.11 Å². The van der Waals surface area contributed by atoms with E-state index in [4.69, 9.17) is 4.74 Å². The van der Waals surface area contributed by atoms with Crippen molar-refractivity contribution in [2.75, 3.05) is 20.2 Å². The summed E-state index contributed by atoms with van der Waals surface area (Å²) in [5.41, 5.74) is 5.04. The van der Waals surface area contributed by atoms with Gasteiger partial charge in [-0.1, -0.05) is 43.3 Å². The molecule has 0 amide bonds. The lowest BCUT2D eigenvalue weighted by molar-refractivity contribution is 0.00531. The molecule has 4 heteroatoms. The smallest absolute Gasteiger partial charge is 0.119 e. The number of fused-ring (bicyclic) bond motifs is 5. The molecule has 0 bridgehead atoms. The maximum absolute atomic E-state index is 9.69. The van der Waals surface area contributed by atoms with Crippen molar-refractivity contribution in [1.82, 2.24) is 10.2 Å². The van der Waals surface area contributed by atoms with Crippen LogP contribution in [-0.2, 0) is 13.0 Å². The molecule has 4 nitrogen and oxygen atoms in total. The minimum Gasteiger partial charge on any atom is -0.494 e. The molecule has 206 valence electrons. The largest absolute Gasteiger partial charge is 0.494 e. The maximum Gasteiger partial charge on any atom is 0.119 e. The first kappa shape index (κ1) is 26.3. The maximum atomic E-state index is 9.69. The van der Waals surface area contributed by atoms with Crippen LogP contribution in [0, 0.1) is 17.3 Å². The predicted molar refractivity (Wildman–Crippen MR) is 155 cm³/mol. The van der Waals surface area contributed by atoms with Crippen LogP contribution in [0.5, 0.6) is 5.75 Å². The molecule has 0 radical (unpaired) electrons. The number of benzene rings is 2. The van der Waals surface area contributed by atoms with Crippen molar-refractivity contribution in [1.29, 1.82) is 0 Å². The third-order valence-electron chi connectivity index (χ3n) is 10.9. The standard InChI is InChI=1S/C34H48N2O2/c1-34-18-17-30-29-14-12-28(38-20-6-19-35-26-10-11-27(37)22-26)21-25(29)9-13-31(30)32(34)15-16-33(34)36(2)23-24-7-4-3-5-8-24/h3-5,7-8,12,14,21,26-27,30-33,35,37H,6,9-11,13,15-20,22-23H2,1-2H3/t26-,27-,30?,31?,32?,33?,34+/m1/s1. The van der Waals surface area contributed by atoms with Crippen LogP contribution in [0.1, 0.15) is 87.3 Å². The molecule has 0 saturated heterocycles. The van der Waals surface area contributed by atoms with Crippen molar-refractivity contribution in [2.45, 2.75) is 102 Å². The number of nitrogens with one attached hydrogen (secondary N) is 1. The molecule has 4 aliphatic rings. The summed E-state index contributed by atoms with van der Waals surface area (Å²) in [6.45, 7) is 5.41. The van der Waals surface area contributed by atoms with Crippen molar-refractivity contribution < 1.29 is 9.84 Å². The Morgan fingerprint density at radius 3 is 2.71 bits per heavy atom. The molecule has 0 heterocycles. The Kier molecular flexibility index (Phi) is 7.84. The zero-order chi connectivity index (χ0) is 26.1. The molecule has 0 aromatic heterocycles. The Bertz CT molecular complexity index is 1070. The molecule has 2 aromatic rings. The highest BCUT2D eigenvalue weighted by atomic mass is 16.5. The first-order valence-electron chi connectivity index (χ1n) is 15.4. The Labute approximate surface area is 230 Å². The van der Waals surface area contributed by atoms with Crippen molar-refractivity contribution in [3.63, 3.8) is 0 Å². The molecule has 2 N–H and O–H groups in total. The molecule has 4 unspecified atom stereocenters. The van der Waals surface area contributed by atoms with Crippen LogP contribution in [0.2, 0.25) is 0 Å². The van der Waals surface area contributed by atoms with E-state index in [0.29, 0.717) is 17.5 Å². The van der Waals surface area contributed by atoms with Gasteiger partial charge in [-0.25, -0.2) is 0 Å². The molecule has 7 atom stereocenters. The van der Waals surface area contributed by atoms with Gasteiger partial charge in [-0.15, -0.1) is 0 Å². The van der Waals surface area contributed by atoms with E-state index in [2.05, 4.69) is 72.7 Å². The molecular formula is C34H48N2O2. The molecule has 0 aliphatic heterocycles. The van der Waals surface area contributed by atoms with Crippen LogP contribution in [-0.4, -0.2) is 48.4 Å². The summed E-state index contributed by atoms with van der Waals surface area (Å²) in [5, 5.41) is 13.3. The molecule has 0 spiro atoms. The van der Waals surface area contributed by atoms with Gasteiger partial charge in [-0.05, 0) is 130 Å². The van der Waals surface area contributed by atoms with E-state index >= 15 is 0 Å². The number of rotatable bonds is 9. The fraction of sp³-hybridized carbons (Fsp3) is 0.647. The van der Waals surface area contributed by atoms with Crippen LogP contribution in [0.15, 0.2) is 48.5 Å². The van der Waals surface area contributed by atoms with E-state index in [1.807, 2.05) is 0 Å². The summed E-state index contributed by atoms with van der Waals surface area (Å²) in [5.74, 6) is 3.46. The molecule has 38 heavy (non-hydrogen) atoms. The van der Waals surface area contributed by atoms with Gasteiger partial charge in [0.2, 0.25) is 0 Å². The second-order valence-corrected chi connectivity index (χ2v) is 13.1. The SMILES string of the molecule is CN(Cc1ccccc1)C1CCC2C3CCc4cc(OCCCN[C@@H]5CC[C@@H](O)C5)ccc4C3CC[C@@]21C. The van der Waals surface area contributed by atoms with Crippen LogP contribution in [0.4, 0.5) is 0 Å². The van der Waals surface area contributed by atoms with Gasteiger partial charge in [0.1, 0.15) is 5.75 Å². The quantitative estimate of drug-likeness (QED) is 0.383. The molecular weight excluding hydrogens is 468 g/mol. The average Bonchev–Trinajstić information content (AvgIpc) is 3.51. The van der Waals surface area contributed by atoms with Crippen molar-refractivity contribution in [2.24, 2.45) is 17.3 Å². The van der Waals surface area contributed by atoms with E-state index in [0.717, 1.165) is 68.9 Å². The van der Waals surface area contributed by atoms with Gasteiger partial charge < -0.3 is 15.2 Å². The second kappa shape index (κ2) is 11.3. The van der Waals surface area contributed by atoms with Gasteiger partial charge in [0.05, 0.1) is 12.7 Å². The van der Waals surface area contributed by atoms with Gasteiger partial charge in [-0.3, -0.25) is 4.90 Å². The number of aliphatic hydroxyl groups is 1. The molecule has 3 saturated carbocycles. The second-order valence-electron chi connectivity index (χ2n) is 13.1. The number of hydrogen-bond donors (Lipinski definition) is 2. The summed E-state index contributed by atoms with van der Waals surface area (Å²) < 4.78 is 6.17. The van der Waals surface area contributed by atoms with Crippen molar-refractivity contribution >= 4 is 0 Å². The van der Waals surface area contributed by atoms with Crippen LogP contribution in [0.25, 0.3) is 0 Å². The van der Waals surface area contributed by atoms with E-state index in [1.54, 1.807) is 11.1 Å². The topological polar surface area (TPSA) is 44.7 Å². The van der Waals surface area contributed by atoms with Crippen LogP contribution >= 0.6 is 0 Å². The van der Waals surface area contributed by atoms with Gasteiger partial charge in [0.25, 0.3) is 0 Å². The highest BCUT2D eigenvalue weighted by Gasteiger charge is 2.55. The Balaban J connectivity index is 1.04. The number of ether oxygens (including phenoxy) is 1. The minimum atomic E-state index is -0.104. The predicted octanol–water partition coefficient (Wildman–Crippen LogP) is 6.32. The third-order valence-corrected chi connectivity index (χ3v) is 10.9. The monoisotopic (exact) mass is 516 g/mol. The van der Waals surface area contributed by atoms with Crippen molar-refractivity contribution in [3.05, 3.63) is 65.2 Å². The summed E-state index contributed by atoms with van der Waals surface area (Å²) in [4.78, 5) is 2.67. The highest BCUT2D eigenvalue weighted by Crippen LogP contribution is 2.61. The van der Waals surface area contributed by atoms with Gasteiger partial charge >= 0.3 is 0 Å². The summed E-state index contributed by atoms with van der Waals surface area (Å²) >= 11 is 0. The Hall–Kier alpha value is -1.88. The lowest BCUT2D eigenvalue weighted by Crippen LogP contribution is -2.49. The van der Waals surface area contributed by atoms with E-state index < -0.39 is 0 Å². The fourth-order valence-electron chi connectivity index (χ4n) is 9.04. The van der Waals surface area contributed by atoms with Crippen LogP contribution in [0.3, 0.4) is 0 Å². The van der Waals surface area contributed by atoms with E-state index in [1.165, 1.54) is 44.1 Å². The highest BCUT2D eigenvalue weighted by molar-refractivity contribution is 5.41. The average molecular weight is 517 g/mol. The fourth-order valence-corrected chi connectivity index (χ4v) is 9.04. The number of hydrogen-bond acceptors (Lipinski definition) is 4. The zero-order valence-corrected chi connectivity index (χ0v) is 23.6. The zero-order valence-electron chi connectivity index (χ0n) is 23.6. The molecule has 4 aliphatic carbocycles. The van der Waals surface area contributed by atoms with Gasteiger partial charge in [0, 0.05) is 18.6 Å². The Morgan fingerprint density at radius 1 is 1.03 bits per heavy atom. The first-order chi connectivity index (χ1) is 18.5. The molecule has 3 fully saturated rings. The lowest BCUT2D eigenvalue weighted by Gasteiger charge is -2.52. The third kappa shape index (κ3) is 5.29. The normalized spacial score (nSPS) is 34.1. The number of nitrogens with zero attached hydrogens (tertiary/aromatic N) is 1.